The molecule has 0 radical (unpaired) electrons. The van der Waals surface area contributed by atoms with Gasteiger partial charge in [0.2, 0.25) is 12.6 Å². The van der Waals surface area contributed by atoms with Gasteiger partial charge in [-0.2, -0.15) is 0 Å². The van der Waals surface area contributed by atoms with Gasteiger partial charge in [0.05, 0.1) is 17.4 Å². The Balaban J connectivity index is 2.16. The van der Waals surface area contributed by atoms with E-state index in [0.29, 0.717) is 32.1 Å². The Kier molecular flexibility index (Phi) is 8.95. The lowest BCUT2D eigenvalue weighted by Crippen LogP contribution is -2.66. The van der Waals surface area contributed by atoms with Crippen molar-refractivity contribution in [2.45, 2.75) is 105 Å². The van der Waals surface area contributed by atoms with Gasteiger partial charge in [0.25, 0.3) is 0 Å². The molecule has 208 valence electrons. The minimum Gasteiger partial charge on any atom is -0.462 e. The smallest absolute Gasteiger partial charge is 0.308 e. The van der Waals surface area contributed by atoms with Crippen LogP contribution in [0.5, 0.6) is 0 Å². The Labute approximate surface area is 220 Å². The second-order valence-electron chi connectivity index (χ2n) is 11.6. The van der Waals surface area contributed by atoms with Gasteiger partial charge in [-0.15, -0.1) is 0 Å². The van der Waals surface area contributed by atoms with Crippen LogP contribution in [0.4, 0.5) is 0 Å². The number of carbonyl (C=O) groups excluding carboxylic acids is 3. The summed E-state index contributed by atoms with van der Waals surface area (Å²) in [6, 6.07) is 0. The normalized spacial score (nSPS) is 40.1. The summed E-state index contributed by atoms with van der Waals surface area (Å²) in [6.45, 7) is 16.5. The number of hydrogen-bond donors (Lipinski definition) is 1. The van der Waals surface area contributed by atoms with E-state index in [1.54, 1.807) is 6.08 Å². The van der Waals surface area contributed by atoms with Crippen LogP contribution in [0.1, 0.15) is 80.6 Å². The summed E-state index contributed by atoms with van der Waals surface area (Å²) in [5.41, 5.74) is -0.351. The molecule has 1 saturated heterocycles. The largest absolute Gasteiger partial charge is 0.462 e. The van der Waals surface area contributed by atoms with Crippen molar-refractivity contribution in [2.24, 2.45) is 34.5 Å². The third-order valence-corrected chi connectivity index (χ3v) is 9.37. The number of allylic oxidation sites excluding steroid dienone is 3. The second kappa shape index (κ2) is 11.3. The van der Waals surface area contributed by atoms with Crippen LogP contribution in [0, 0.1) is 34.5 Å². The summed E-state index contributed by atoms with van der Waals surface area (Å²) in [7, 11) is 0. The number of carbonyl (C=O) groups is 3. The first-order chi connectivity index (χ1) is 17.3. The van der Waals surface area contributed by atoms with Crippen molar-refractivity contribution in [1.29, 1.82) is 0 Å². The topological polar surface area (TPSA) is 108 Å². The molecule has 3 aliphatic rings. The highest BCUT2D eigenvalue weighted by atomic mass is 16.8. The van der Waals surface area contributed by atoms with Crippen LogP contribution in [0.25, 0.3) is 0 Å². The first kappa shape index (κ1) is 29.4. The molecule has 1 aliphatic heterocycles. The molecular weight excluding hydrogens is 476 g/mol. The van der Waals surface area contributed by atoms with Gasteiger partial charge in [0.1, 0.15) is 6.10 Å². The molecule has 2 aliphatic carbocycles. The van der Waals surface area contributed by atoms with Crippen molar-refractivity contribution in [3.63, 3.8) is 0 Å². The Hall–Kier alpha value is -2.19. The van der Waals surface area contributed by atoms with E-state index in [2.05, 4.69) is 26.5 Å². The molecule has 0 aromatic heterocycles. The minimum absolute atomic E-state index is 0.0995. The molecular formula is C29H44O8. The van der Waals surface area contributed by atoms with Crippen molar-refractivity contribution >= 4 is 17.9 Å². The standard InChI is InChI=1S/C29H44O8/c1-9-16(3)11-12-28(8)18(5)13-24(32)29-22(26(34-19(6)30)37-27(29)35-20(7)31)14-21(15-23(28)29)36-25(33)17(4)10-2/h9,11,17-18,21-24,26-27,32H,1,10,12-15H2,2-8H3/b16-11+/t17?,18-,21-,22+,23+,24+,26+,27-,28-,29?/m0/s1. The SMILES string of the molecule is C=C/C(C)=C/C[C@@]1(C)[C@@H](C)C[C@@H](O)C23[C@@H](OC(C)=O)O[C@@H](OC(C)=O)[C@H]2C[C@H](OC(=O)C(C)CC)C[C@@H]31. The van der Waals surface area contributed by atoms with E-state index in [0.717, 1.165) is 5.57 Å². The highest BCUT2D eigenvalue weighted by Crippen LogP contribution is 2.68. The predicted molar refractivity (Wildman–Crippen MR) is 137 cm³/mol. The highest BCUT2D eigenvalue weighted by Gasteiger charge is 2.73. The Morgan fingerprint density at radius 1 is 1.11 bits per heavy atom. The van der Waals surface area contributed by atoms with Gasteiger partial charge in [0, 0.05) is 19.8 Å². The molecule has 10 atom stereocenters. The minimum atomic E-state index is -1.10. The number of hydrogen-bond acceptors (Lipinski definition) is 8. The lowest BCUT2D eigenvalue weighted by Gasteiger charge is -2.62. The second-order valence-corrected chi connectivity index (χ2v) is 11.6. The van der Waals surface area contributed by atoms with E-state index in [4.69, 9.17) is 18.9 Å². The average molecular weight is 521 g/mol. The van der Waals surface area contributed by atoms with E-state index in [1.165, 1.54) is 13.8 Å². The zero-order valence-corrected chi connectivity index (χ0v) is 23.3. The van der Waals surface area contributed by atoms with Crippen LogP contribution in [-0.2, 0) is 33.3 Å². The fraction of sp³-hybridized carbons (Fsp3) is 0.759. The summed E-state index contributed by atoms with van der Waals surface area (Å²) >= 11 is 0. The molecule has 8 nitrogen and oxygen atoms in total. The van der Waals surface area contributed by atoms with Crippen molar-refractivity contribution in [1.82, 2.24) is 0 Å². The molecule has 8 heteroatoms. The fourth-order valence-corrected chi connectivity index (χ4v) is 6.86. The Morgan fingerprint density at radius 2 is 1.76 bits per heavy atom. The van der Waals surface area contributed by atoms with Crippen molar-refractivity contribution < 1.29 is 38.4 Å². The number of ether oxygens (including phenoxy) is 4. The fourth-order valence-electron chi connectivity index (χ4n) is 6.86. The third-order valence-electron chi connectivity index (χ3n) is 9.37. The van der Waals surface area contributed by atoms with E-state index >= 15 is 0 Å². The third kappa shape index (κ3) is 5.37. The Morgan fingerprint density at radius 3 is 2.32 bits per heavy atom. The zero-order chi connectivity index (χ0) is 27.7. The van der Waals surface area contributed by atoms with E-state index < -0.39 is 48.1 Å². The molecule has 3 fully saturated rings. The van der Waals surface area contributed by atoms with Crippen molar-refractivity contribution in [2.75, 3.05) is 0 Å². The van der Waals surface area contributed by atoms with Crippen LogP contribution in [0.15, 0.2) is 24.3 Å². The van der Waals surface area contributed by atoms with E-state index in [9.17, 15) is 19.5 Å². The number of rotatable bonds is 8. The number of aliphatic hydroxyl groups excluding tert-OH is 1. The summed E-state index contributed by atoms with van der Waals surface area (Å²) in [6.07, 6.45) is 3.12. The number of esters is 3. The molecule has 0 bridgehead atoms. The quantitative estimate of drug-likeness (QED) is 0.279. The van der Waals surface area contributed by atoms with Crippen LogP contribution < -0.4 is 0 Å². The average Bonchev–Trinajstić information content (AvgIpc) is 3.12. The van der Waals surface area contributed by atoms with Crippen molar-refractivity contribution in [3.05, 3.63) is 24.3 Å². The lowest BCUT2D eigenvalue weighted by atomic mass is 9.43. The molecule has 0 aromatic carbocycles. The van der Waals surface area contributed by atoms with Crippen LogP contribution >= 0.6 is 0 Å². The summed E-state index contributed by atoms with van der Waals surface area (Å²) in [4.78, 5) is 37.1. The number of aliphatic hydroxyl groups is 1. The molecule has 1 N–H and O–H groups in total. The lowest BCUT2D eigenvalue weighted by molar-refractivity contribution is -0.264. The van der Waals surface area contributed by atoms with Crippen LogP contribution in [0.3, 0.4) is 0 Å². The first-order valence-corrected chi connectivity index (χ1v) is 13.5. The summed E-state index contributed by atoms with van der Waals surface area (Å²) in [5, 5.41) is 11.8. The van der Waals surface area contributed by atoms with Crippen molar-refractivity contribution in [3.8, 4) is 0 Å². The van der Waals surface area contributed by atoms with Crippen LogP contribution in [0.2, 0.25) is 0 Å². The zero-order valence-electron chi connectivity index (χ0n) is 23.3. The van der Waals surface area contributed by atoms with Gasteiger partial charge >= 0.3 is 17.9 Å². The predicted octanol–water partition coefficient (Wildman–Crippen LogP) is 4.69. The van der Waals surface area contributed by atoms with Gasteiger partial charge in [-0.1, -0.05) is 52.0 Å². The molecule has 1 spiro atoms. The molecule has 1 heterocycles. The Bertz CT molecular complexity index is 927. The molecule has 37 heavy (non-hydrogen) atoms. The van der Waals surface area contributed by atoms with E-state index in [1.807, 2.05) is 20.8 Å². The van der Waals surface area contributed by atoms with Gasteiger partial charge in [-0.05, 0) is 56.3 Å². The molecule has 0 aromatic rings. The monoisotopic (exact) mass is 520 g/mol. The van der Waals surface area contributed by atoms with Gasteiger partial charge < -0.3 is 24.1 Å². The van der Waals surface area contributed by atoms with Gasteiger partial charge in [-0.3, -0.25) is 14.4 Å². The maximum absolute atomic E-state index is 12.8. The first-order valence-electron chi connectivity index (χ1n) is 13.5. The van der Waals surface area contributed by atoms with Gasteiger partial charge in [0.15, 0.2) is 0 Å². The summed E-state index contributed by atoms with van der Waals surface area (Å²) in [5.74, 6) is -2.28. The summed E-state index contributed by atoms with van der Waals surface area (Å²) < 4.78 is 23.5. The van der Waals surface area contributed by atoms with E-state index in [-0.39, 0.29) is 29.1 Å². The maximum Gasteiger partial charge on any atom is 0.308 e. The molecule has 2 saturated carbocycles. The maximum atomic E-state index is 12.8. The van der Waals surface area contributed by atoms with Gasteiger partial charge in [-0.25, -0.2) is 0 Å². The molecule has 3 rings (SSSR count). The molecule has 0 amide bonds. The molecule has 2 unspecified atom stereocenters. The van der Waals surface area contributed by atoms with Crippen LogP contribution in [-0.4, -0.2) is 47.8 Å². The highest BCUT2D eigenvalue weighted by molar-refractivity contribution is 5.72.